The Morgan fingerprint density at radius 3 is 2.54 bits per heavy atom. The number of benzene rings is 3. The number of carbonyl (C=O) groups excluding carboxylic acids is 1. The normalized spacial score (nSPS) is 13.6. The molecule has 1 aliphatic rings. The highest BCUT2D eigenvalue weighted by Gasteiger charge is 2.20. The highest BCUT2D eigenvalue weighted by molar-refractivity contribution is 7.89. The monoisotopic (exact) mass is 517 g/mol. The highest BCUT2D eigenvalue weighted by Crippen LogP contribution is 2.33. The Labute approximate surface area is 219 Å². The molecule has 0 saturated carbocycles. The smallest absolute Gasteiger partial charge is 0.251 e. The molecule has 3 aromatic carbocycles. The van der Waals surface area contributed by atoms with E-state index in [2.05, 4.69) is 33.7 Å². The zero-order valence-electron chi connectivity index (χ0n) is 21.4. The van der Waals surface area contributed by atoms with E-state index in [1.54, 1.807) is 12.1 Å². The number of rotatable bonds is 10. The van der Waals surface area contributed by atoms with Crippen molar-refractivity contribution in [2.75, 3.05) is 13.1 Å². The molecule has 2 N–H and O–H groups in total. The summed E-state index contributed by atoms with van der Waals surface area (Å²) in [7, 11) is -3.58. The van der Waals surface area contributed by atoms with Gasteiger partial charge in [0.25, 0.3) is 5.91 Å². The van der Waals surface area contributed by atoms with Crippen LogP contribution >= 0.6 is 0 Å². The quantitative estimate of drug-likeness (QED) is 0.270. The second-order valence-corrected chi connectivity index (χ2v) is 11.5. The van der Waals surface area contributed by atoms with Crippen LogP contribution in [0, 0.1) is 0 Å². The van der Waals surface area contributed by atoms with Crippen LogP contribution in [0.3, 0.4) is 0 Å². The molecule has 0 atom stereocenters. The first-order chi connectivity index (χ1) is 18.0. The number of hydrogen-bond donors (Lipinski definition) is 2. The number of nitrogens with zero attached hydrogens (tertiary/aromatic N) is 1. The van der Waals surface area contributed by atoms with E-state index in [4.69, 9.17) is 0 Å². The van der Waals surface area contributed by atoms with Gasteiger partial charge in [0.05, 0.1) is 4.90 Å². The van der Waals surface area contributed by atoms with E-state index >= 15 is 0 Å². The summed E-state index contributed by atoms with van der Waals surface area (Å²) < 4.78 is 30.8. The highest BCUT2D eigenvalue weighted by atomic mass is 32.2. The van der Waals surface area contributed by atoms with Crippen molar-refractivity contribution in [1.29, 1.82) is 0 Å². The molecule has 194 valence electrons. The van der Waals surface area contributed by atoms with Gasteiger partial charge < -0.3 is 9.88 Å². The molecule has 0 spiro atoms. The summed E-state index contributed by atoms with van der Waals surface area (Å²) in [5, 5.41) is 5.89. The molecular weight excluding hydrogens is 482 g/mol. The summed E-state index contributed by atoms with van der Waals surface area (Å²) in [5.74, 6) is -0.0487. The molecule has 0 aliphatic heterocycles. The van der Waals surface area contributed by atoms with Crippen LogP contribution in [-0.4, -0.2) is 32.0 Å². The summed E-state index contributed by atoms with van der Waals surface area (Å²) in [6.07, 6.45) is 7.00. The third-order valence-corrected chi connectivity index (χ3v) is 8.94. The number of sulfonamides is 1. The maximum atomic E-state index is 12.8. The second kappa shape index (κ2) is 11.1. The van der Waals surface area contributed by atoms with Crippen LogP contribution in [0.15, 0.2) is 65.6 Å². The predicted molar refractivity (Wildman–Crippen MR) is 150 cm³/mol. The van der Waals surface area contributed by atoms with Crippen LogP contribution in [0.2, 0.25) is 0 Å². The fourth-order valence-corrected chi connectivity index (χ4v) is 6.89. The Bertz CT molecular complexity index is 1530. The van der Waals surface area contributed by atoms with E-state index in [0.717, 1.165) is 43.0 Å². The van der Waals surface area contributed by atoms with E-state index in [1.165, 1.54) is 35.0 Å². The molecule has 5 rings (SSSR count). The molecule has 1 aromatic heterocycles. The topological polar surface area (TPSA) is 80.2 Å². The largest absolute Gasteiger partial charge is 0.352 e. The Balaban J connectivity index is 1.10. The number of amides is 1. The molecule has 37 heavy (non-hydrogen) atoms. The van der Waals surface area contributed by atoms with Gasteiger partial charge in [-0.2, -0.15) is 0 Å². The minimum atomic E-state index is -3.58. The third kappa shape index (κ3) is 5.29. The predicted octanol–water partition coefficient (Wildman–Crippen LogP) is 5.57. The number of carbonyl (C=O) groups is 1. The number of aryl methyl sites for hydroxylation is 2. The van der Waals surface area contributed by atoms with Crippen LogP contribution in [0.1, 0.15) is 60.6 Å². The molecule has 4 aromatic rings. The van der Waals surface area contributed by atoms with Crippen molar-refractivity contribution < 1.29 is 13.2 Å². The van der Waals surface area contributed by atoms with Gasteiger partial charge in [-0.05, 0) is 80.7 Å². The van der Waals surface area contributed by atoms with E-state index < -0.39 is 10.0 Å². The van der Waals surface area contributed by atoms with Gasteiger partial charge >= 0.3 is 0 Å². The lowest BCUT2D eigenvalue weighted by Crippen LogP contribution is -2.26. The van der Waals surface area contributed by atoms with Crippen molar-refractivity contribution in [2.24, 2.45) is 0 Å². The van der Waals surface area contributed by atoms with E-state index in [9.17, 15) is 13.2 Å². The Morgan fingerprint density at radius 2 is 1.68 bits per heavy atom. The molecule has 6 nitrogen and oxygen atoms in total. The van der Waals surface area contributed by atoms with Gasteiger partial charge in [0, 0.05) is 47.2 Å². The molecule has 0 bridgehead atoms. The van der Waals surface area contributed by atoms with Gasteiger partial charge in [-0.25, -0.2) is 13.1 Å². The Kier molecular flexibility index (Phi) is 7.63. The summed E-state index contributed by atoms with van der Waals surface area (Å²) in [4.78, 5) is 13.1. The zero-order chi connectivity index (χ0) is 25.8. The first-order valence-electron chi connectivity index (χ1n) is 13.4. The molecule has 1 amide bonds. The van der Waals surface area contributed by atoms with Crippen molar-refractivity contribution in [3.05, 3.63) is 77.5 Å². The van der Waals surface area contributed by atoms with Gasteiger partial charge in [-0.15, -0.1) is 0 Å². The van der Waals surface area contributed by atoms with Crippen molar-refractivity contribution in [1.82, 2.24) is 14.6 Å². The first-order valence-corrected chi connectivity index (χ1v) is 14.9. The van der Waals surface area contributed by atoms with Gasteiger partial charge in [0.15, 0.2) is 0 Å². The fraction of sp³-hybridized carbons (Fsp3) is 0.367. The lowest BCUT2D eigenvalue weighted by Gasteiger charge is -2.14. The van der Waals surface area contributed by atoms with Crippen LogP contribution in [0.4, 0.5) is 0 Å². The summed E-state index contributed by atoms with van der Waals surface area (Å²) in [6.45, 7) is 4.08. The van der Waals surface area contributed by atoms with E-state index in [1.807, 2.05) is 36.4 Å². The zero-order valence-corrected chi connectivity index (χ0v) is 22.2. The van der Waals surface area contributed by atoms with Crippen molar-refractivity contribution in [2.45, 2.75) is 63.3 Å². The minimum absolute atomic E-state index is 0.0487. The Morgan fingerprint density at radius 1 is 0.892 bits per heavy atom. The number of unbranched alkanes of at least 4 members (excludes halogenated alkanes) is 2. The molecular formula is C30H35N3O3S. The van der Waals surface area contributed by atoms with Gasteiger partial charge in [-0.3, -0.25) is 4.79 Å². The van der Waals surface area contributed by atoms with Gasteiger partial charge in [0.2, 0.25) is 10.0 Å². The van der Waals surface area contributed by atoms with Crippen LogP contribution in [0.25, 0.3) is 21.7 Å². The standard InChI is InChI=1S/C30H35N3O3S/c1-2-33-27-15-7-6-14-25(27)26-21-23(17-18-28(26)33)30(34)31-19-8-3-9-20-32-37(35,36)29-16-10-12-22-11-4-5-13-24(22)29/h4-5,10-13,16-18,21,32H,2-3,6-9,14-15,19-20H2,1H3,(H,31,34). The maximum Gasteiger partial charge on any atom is 0.251 e. The van der Waals surface area contributed by atoms with E-state index in [-0.39, 0.29) is 5.91 Å². The average Bonchev–Trinajstić information content (AvgIpc) is 3.25. The summed E-state index contributed by atoms with van der Waals surface area (Å²) in [6, 6.07) is 18.9. The molecule has 0 saturated heterocycles. The Hall–Kier alpha value is -3.16. The molecule has 0 radical (unpaired) electrons. The van der Waals surface area contributed by atoms with E-state index in [0.29, 0.717) is 30.0 Å². The summed E-state index contributed by atoms with van der Waals surface area (Å²) in [5.41, 5.74) is 4.80. The second-order valence-electron chi connectivity index (χ2n) is 9.80. The maximum absolute atomic E-state index is 12.8. The molecule has 0 fully saturated rings. The number of fused-ring (bicyclic) bond motifs is 4. The van der Waals surface area contributed by atoms with Crippen molar-refractivity contribution in [3.63, 3.8) is 0 Å². The lowest BCUT2D eigenvalue weighted by molar-refractivity contribution is 0.0953. The van der Waals surface area contributed by atoms with Gasteiger partial charge in [-0.1, -0.05) is 42.8 Å². The minimum Gasteiger partial charge on any atom is -0.352 e. The van der Waals surface area contributed by atoms with Crippen LogP contribution in [0.5, 0.6) is 0 Å². The van der Waals surface area contributed by atoms with Gasteiger partial charge in [0.1, 0.15) is 0 Å². The number of nitrogens with one attached hydrogen (secondary N) is 2. The molecule has 7 heteroatoms. The average molecular weight is 518 g/mol. The lowest BCUT2D eigenvalue weighted by atomic mass is 9.95. The first kappa shape index (κ1) is 25.5. The van der Waals surface area contributed by atoms with Crippen molar-refractivity contribution >= 4 is 37.6 Å². The third-order valence-electron chi connectivity index (χ3n) is 7.43. The summed E-state index contributed by atoms with van der Waals surface area (Å²) >= 11 is 0. The van der Waals surface area contributed by atoms with Crippen LogP contribution < -0.4 is 10.0 Å². The molecule has 0 unspecified atom stereocenters. The van der Waals surface area contributed by atoms with Crippen molar-refractivity contribution in [3.8, 4) is 0 Å². The van der Waals surface area contributed by atoms with Crippen LogP contribution in [-0.2, 0) is 29.4 Å². The number of aromatic nitrogens is 1. The fourth-order valence-electron chi connectivity index (χ4n) is 5.58. The molecule has 1 heterocycles. The molecule has 1 aliphatic carbocycles. The SMILES string of the molecule is CCn1c2c(c3cc(C(=O)NCCCCCNS(=O)(=O)c4cccc5ccccc45)ccc31)CCCC2. The number of hydrogen-bond acceptors (Lipinski definition) is 3.